The minimum Gasteiger partial charge on any atom is -0.316 e. The largest absolute Gasteiger partial charge is 0.316 e. The van der Waals surface area contributed by atoms with Gasteiger partial charge in [-0.2, -0.15) is 0 Å². The van der Waals surface area contributed by atoms with E-state index in [4.69, 9.17) is 0 Å². The first-order chi connectivity index (χ1) is 7.40. The van der Waals surface area contributed by atoms with Crippen LogP contribution in [-0.4, -0.2) is 33.3 Å². The first-order valence-corrected chi connectivity index (χ1v) is 7.63. The molecule has 1 atom stereocenters. The molecule has 16 heavy (non-hydrogen) atoms. The average molecular weight is 248 g/mol. The molecule has 1 aliphatic rings. The van der Waals surface area contributed by atoms with Crippen LogP contribution in [0.25, 0.3) is 0 Å². The van der Waals surface area contributed by atoms with E-state index in [1.165, 1.54) is 6.42 Å². The van der Waals surface area contributed by atoms with Gasteiger partial charge in [-0.1, -0.05) is 20.3 Å². The molecule has 96 valence electrons. The predicted octanol–water partition coefficient (Wildman–Crippen LogP) is 1.09. The van der Waals surface area contributed by atoms with Crippen molar-refractivity contribution in [2.75, 3.05) is 19.6 Å². The fourth-order valence-electron chi connectivity index (χ4n) is 1.83. The van der Waals surface area contributed by atoms with Gasteiger partial charge in [0.05, 0.1) is 5.25 Å². The van der Waals surface area contributed by atoms with E-state index in [-0.39, 0.29) is 10.7 Å². The van der Waals surface area contributed by atoms with Crippen LogP contribution in [0.2, 0.25) is 0 Å². The van der Waals surface area contributed by atoms with Gasteiger partial charge in [0.2, 0.25) is 10.0 Å². The summed E-state index contributed by atoms with van der Waals surface area (Å²) in [6, 6.07) is 0. The zero-order chi connectivity index (χ0) is 12.2. The molecular formula is C11H24N2O2S. The van der Waals surface area contributed by atoms with Crippen molar-refractivity contribution in [1.29, 1.82) is 0 Å². The molecular weight excluding hydrogens is 224 g/mol. The number of nitrogens with one attached hydrogen (secondary N) is 2. The van der Waals surface area contributed by atoms with Crippen molar-refractivity contribution in [3.63, 3.8) is 0 Å². The molecule has 0 heterocycles. The molecule has 1 rings (SSSR count). The van der Waals surface area contributed by atoms with Gasteiger partial charge in [0.15, 0.2) is 0 Å². The highest BCUT2D eigenvalue weighted by Gasteiger charge is 2.33. The number of sulfonamides is 1. The van der Waals surface area contributed by atoms with Crippen LogP contribution < -0.4 is 10.0 Å². The zero-order valence-electron chi connectivity index (χ0n) is 10.5. The minimum absolute atomic E-state index is 0.199. The Kier molecular flexibility index (Phi) is 4.76. The Bertz CT molecular complexity index is 310. The van der Waals surface area contributed by atoms with Crippen molar-refractivity contribution in [2.45, 2.75) is 45.3 Å². The van der Waals surface area contributed by atoms with Crippen LogP contribution in [-0.2, 0) is 10.0 Å². The van der Waals surface area contributed by atoms with E-state index >= 15 is 0 Å². The predicted molar refractivity (Wildman–Crippen MR) is 66.9 cm³/mol. The fourth-order valence-corrected chi connectivity index (χ4v) is 3.00. The summed E-state index contributed by atoms with van der Waals surface area (Å²) < 4.78 is 26.5. The van der Waals surface area contributed by atoms with Crippen molar-refractivity contribution in [3.05, 3.63) is 0 Å². The van der Waals surface area contributed by atoms with Crippen molar-refractivity contribution >= 4 is 10.0 Å². The molecule has 4 nitrogen and oxygen atoms in total. The van der Waals surface area contributed by atoms with Crippen molar-refractivity contribution < 1.29 is 8.42 Å². The molecule has 1 saturated carbocycles. The van der Waals surface area contributed by atoms with Gasteiger partial charge in [0.1, 0.15) is 0 Å². The number of hydrogen-bond acceptors (Lipinski definition) is 3. The van der Waals surface area contributed by atoms with Crippen molar-refractivity contribution in [1.82, 2.24) is 10.0 Å². The molecule has 1 unspecified atom stereocenters. The van der Waals surface area contributed by atoms with Gasteiger partial charge in [-0.05, 0) is 31.7 Å². The van der Waals surface area contributed by atoms with Crippen LogP contribution >= 0.6 is 0 Å². The third kappa shape index (κ3) is 3.71. The summed E-state index contributed by atoms with van der Waals surface area (Å²) in [6.45, 7) is 7.77. The second kappa shape index (κ2) is 5.47. The minimum atomic E-state index is -3.15. The monoisotopic (exact) mass is 248 g/mol. The topological polar surface area (TPSA) is 58.2 Å². The maximum atomic E-state index is 11.9. The maximum Gasteiger partial charge on any atom is 0.215 e. The summed E-state index contributed by atoms with van der Waals surface area (Å²) in [7, 11) is -3.15. The molecule has 0 aromatic heterocycles. The Hall–Kier alpha value is -0.130. The Morgan fingerprint density at radius 3 is 2.44 bits per heavy atom. The Morgan fingerprint density at radius 1 is 1.38 bits per heavy atom. The first kappa shape index (κ1) is 13.9. The van der Waals surface area contributed by atoms with Gasteiger partial charge in [0.25, 0.3) is 0 Å². The van der Waals surface area contributed by atoms with E-state index in [9.17, 15) is 8.42 Å². The molecule has 0 amide bonds. The Balaban J connectivity index is 2.38. The molecule has 0 bridgehead atoms. The van der Waals surface area contributed by atoms with Gasteiger partial charge in [-0.25, -0.2) is 13.1 Å². The van der Waals surface area contributed by atoms with E-state index in [1.54, 1.807) is 6.92 Å². The third-order valence-electron chi connectivity index (χ3n) is 3.47. The van der Waals surface area contributed by atoms with E-state index in [2.05, 4.69) is 17.0 Å². The second-order valence-electron chi connectivity index (χ2n) is 5.15. The van der Waals surface area contributed by atoms with Crippen LogP contribution in [0.3, 0.4) is 0 Å². The van der Waals surface area contributed by atoms with Crippen LogP contribution in [0.1, 0.15) is 40.0 Å². The molecule has 0 spiro atoms. The van der Waals surface area contributed by atoms with Gasteiger partial charge in [0, 0.05) is 13.1 Å². The van der Waals surface area contributed by atoms with Crippen molar-refractivity contribution in [3.8, 4) is 0 Å². The maximum absolute atomic E-state index is 11.9. The summed E-state index contributed by atoms with van der Waals surface area (Å²) in [5, 5.41) is 2.70. The number of hydrogen-bond donors (Lipinski definition) is 2. The molecule has 1 fully saturated rings. The molecule has 5 heteroatoms. The Morgan fingerprint density at radius 2 is 2.00 bits per heavy atom. The van der Waals surface area contributed by atoms with E-state index < -0.39 is 10.0 Å². The van der Waals surface area contributed by atoms with Crippen LogP contribution in [0.5, 0.6) is 0 Å². The molecule has 0 saturated heterocycles. The number of rotatable bonds is 7. The summed E-state index contributed by atoms with van der Waals surface area (Å²) in [4.78, 5) is 0. The standard InChI is InChI=1S/C11H24N2O2S/c1-4-12-8-10(2)16(14,15)13-9-11(3)6-5-7-11/h10,12-13H,4-9H2,1-3H3. The average Bonchev–Trinajstić information content (AvgIpc) is 2.20. The zero-order valence-corrected chi connectivity index (χ0v) is 11.4. The first-order valence-electron chi connectivity index (χ1n) is 6.09. The highest BCUT2D eigenvalue weighted by atomic mass is 32.2. The quantitative estimate of drug-likeness (QED) is 0.709. The Labute approximate surface area is 99.2 Å². The van der Waals surface area contributed by atoms with Gasteiger partial charge < -0.3 is 5.32 Å². The molecule has 2 N–H and O–H groups in total. The molecule has 1 aliphatic carbocycles. The SMILES string of the molecule is CCNCC(C)S(=O)(=O)NCC1(C)CCC1. The van der Waals surface area contributed by atoms with Gasteiger partial charge in [-0.15, -0.1) is 0 Å². The van der Waals surface area contributed by atoms with Crippen molar-refractivity contribution in [2.24, 2.45) is 5.41 Å². The summed E-state index contributed by atoms with van der Waals surface area (Å²) >= 11 is 0. The lowest BCUT2D eigenvalue weighted by atomic mass is 9.71. The lowest BCUT2D eigenvalue weighted by Crippen LogP contribution is -2.45. The van der Waals surface area contributed by atoms with E-state index in [0.717, 1.165) is 19.4 Å². The highest BCUT2D eigenvalue weighted by molar-refractivity contribution is 7.90. The summed E-state index contributed by atoms with van der Waals surface area (Å²) in [5.74, 6) is 0. The van der Waals surface area contributed by atoms with Crippen LogP contribution in [0, 0.1) is 5.41 Å². The van der Waals surface area contributed by atoms with Crippen LogP contribution in [0.4, 0.5) is 0 Å². The van der Waals surface area contributed by atoms with E-state index in [1.807, 2.05) is 6.92 Å². The smallest absolute Gasteiger partial charge is 0.215 e. The lowest BCUT2D eigenvalue weighted by molar-refractivity contribution is 0.166. The summed E-state index contributed by atoms with van der Waals surface area (Å²) in [6.07, 6.45) is 3.50. The second-order valence-corrected chi connectivity index (χ2v) is 7.33. The molecule has 0 aromatic carbocycles. The molecule has 0 aromatic rings. The molecule has 0 radical (unpaired) electrons. The lowest BCUT2D eigenvalue weighted by Gasteiger charge is -2.38. The van der Waals surface area contributed by atoms with Gasteiger partial charge in [-0.3, -0.25) is 0 Å². The normalized spacial score (nSPS) is 21.4. The fraction of sp³-hybridized carbons (Fsp3) is 1.00. The van der Waals surface area contributed by atoms with Crippen LogP contribution in [0.15, 0.2) is 0 Å². The van der Waals surface area contributed by atoms with E-state index in [0.29, 0.717) is 13.1 Å². The van der Waals surface area contributed by atoms with Gasteiger partial charge >= 0.3 is 0 Å². The highest BCUT2D eigenvalue weighted by Crippen LogP contribution is 2.39. The third-order valence-corrected chi connectivity index (χ3v) is 5.25. The molecule has 0 aliphatic heterocycles. The summed E-state index contributed by atoms with van der Waals surface area (Å²) in [5.41, 5.74) is 0.199.